The summed E-state index contributed by atoms with van der Waals surface area (Å²) in [7, 11) is -3.40. The minimum Gasteiger partial charge on any atom is -0.461 e. The molecule has 15 heteroatoms. The first-order valence-corrected chi connectivity index (χ1v) is 22.0. The lowest BCUT2D eigenvalue weighted by molar-refractivity contribution is -0.162. The monoisotopic (exact) mass is 720 g/mol. The summed E-state index contributed by atoms with van der Waals surface area (Å²) in [6.45, 7) is 23.0. The number of hydrogen-bond acceptors (Lipinski definition) is 12. The maximum atomic E-state index is 12.1. The molecule has 2 rings (SSSR count). The van der Waals surface area contributed by atoms with Crippen LogP contribution in [0.5, 0.6) is 0 Å². The van der Waals surface area contributed by atoms with E-state index >= 15 is 0 Å². The van der Waals surface area contributed by atoms with Gasteiger partial charge in [0.05, 0.1) is 32.4 Å². The van der Waals surface area contributed by atoms with Crippen LogP contribution >= 0.6 is 10.3 Å². The van der Waals surface area contributed by atoms with Gasteiger partial charge in [0.15, 0.2) is 0 Å². The third-order valence-electron chi connectivity index (χ3n) is 8.60. The van der Waals surface area contributed by atoms with Crippen LogP contribution in [0.2, 0.25) is 18.1 Å². The smallest absolute Gasteiger partial charge is 0.410 e. The molecular formula is C33H60N2O11SSi. The molecule has 48 heavy (non-hydrogen) atoms. The molecule has 0 bridgehead atoms. The summed E-state index contributed by atoms with van der Waals surface area (Å²) >= 11 is 0. The van der Waals surface area contributed by atoms with Gasteiger partial charge in [-0.05, 0) is 69.5 Å². The molecule has 1 N–H and O–H groups in total. The molecule has 0 aromatic rings. The van der Waals surface area contributed by atoms with Crippen molar-refractivity contribution in [3.63, 3.8) is 0 Å². The van der Waals surface area contributed by atoms with E-state index in [-0.39, 0.29) is 37.0 Å². The van der Waals surface area contributed by atoms with E-state index < -0.39 is 43.1 Å². The van der Waals surface area contributed by atoms with Crippen LogP contribution < -0.4 is 0 Å². The molecule has 0 aliphatic carbocycles. The van der Waals surface area contributed by atoms with Crippen molar-refractivity contribution in [2.75, 3.05) is 84.1 Å². The van der Waals surface area contributed by atoms with Gasteiger partial charge in [-0.15, -0.1) is 0 Å². The molecule has 2 heterocycles. The Labute approximate surface area is 289 Å². The second-order valence-electron chi connectivity index (χ2n) is 14.1. The highest BCUT2D eigenvalue weighted by atomic mass is 32.3. The average molecular weight is 721 g/mol. The zero-order valence-corrected chi connectivity index (χ0v) is 32.2. The summed E-state index contributed by atoms with van der Waals surface area (Å²) in [6, 6.07) is 0. The van der Waals surface area contributed by atoms with E-state index in [4.69, 9.17) is 32.3 Å². The number of rotatable bonds is 23. The van der Waals surface area contributed by atoms with E-state index in [1.165, 1.54) is 4.90 Å². The van der Waals surface area contributed by atoms with Crippen molar-refractivity contribution < 1.29 is 51.8 Å². The molecule has 0 spiro atoms. The van der Waals surface area contributed by atoms with Gasteiger partial charge in [0.25, 0.3) is 0 Å². The third-order valence-corrected chi connectivity index (χ3v) is 16.9. The highest BCUT2D eigenvalue weighted by molar-refractivity contribution is 8.29. The molecule has 278 valence electrons. The number of cyclic esters (lactones) is 1. The van der Waals surface area contributed by atoms with E-state index in [9.17, 15) is 19.5 Å². The van der Waals surface area contributed by atoms with Crippen LogP contribution in [0.25, 0.3) is 0 Å². The van der Waals surface area contributed by atoms with Crippen molar-refractivity contribution in [1.29, 1.82) is 0 Å². The standard InChI is InChI=1S/C33H60N2O11SSi/c1-25(2)29(36)42-18-14-34-21-27(44-31(34)38)23-40-16-11-13-33(5,6)48(9,10)46-47(7,8)20-12-17-41-24-28-22-35(32(39)45-28)15-19-43-30(37)26(3)4/h27-28,31,38H,1,3,11-24H2,2,4-10H3. The predicted molar refractivity (Wildman–Crippen MR) is 188 cm³/mol. The molecule has 1 amide bonds. The van der Waals surface area contributed by atoms with Gasteiger partial charge in [-0.2, -0.15) is 10.3 Å². The second kappa shape index (κ2) is 19.4. The van der Waals surface area contributed by atoms with E-state index in [2.05, 4.69) is 52.6 Å². The lowest BCUT2D eigenvalue weighted by Gasteiger charge is -2.46. The van der Waals surface area contributed by atoms with Gasteiger partial charge in [0.1, 0.15) is 19.3 Å². The first-order chi connectivity index (χ1) is 22.3. The zero-order valence-electron chi connectivity index (χ0n) is 30.4. The topological polar surface area (TPSA) is 143 Å². The number of aliphatic hydroxyl groups is 1. The lowest BCUT2D eigenvalue weighted by Crippen LogP contribution is -2.43. The van der Waals surface area contributed by atoms with Crippen LogP contribution in [0.15, 0.2) is 24.3 Å². The number of aliphatic hydroxyl groups excluding tert-OH is 1. The van der Waals surface area contributed by atoms with Crippen LogP contribution in [-0.4, -0.2) is 144 Å². The molecule has 0 radical (unpaired) electrons. The molecule has 2 fully saturated rings. The lowest BCUT2D eigenvalue weighted by atomic mass is 10.1. The van der Waals surface area contributed by atoms with E-state index in [1.807, 2.05) is 0 Å². The van der Waals surface area contributed by atoms with Gasteiger partial charge >= 0.3 is 18.0 Å². The number of ether oxygens (including phenoxy) is 6. The number of nitrogens with zero attached hydrogens (tertiary/aromatic N) is 2. The summed E-state index contributed by atoms with van der Waals surface area (Å²) < 4.78 is 39.8. The number of carbonyl (C=O) groups is 3. The summed E-state index contributed by atoms with van der Waals surface area (Å²) in [6.07, 6.45) is 5.04. The zero-order chi connectivity index (χ0) is 36.1. The molecule has 13 nitrogen and oxygen atoms in total. The van der Waals surface area contributed by atoms with Crippen molar-refractivity contribution in [1.82, 2.24) is 9.80 Å². The Kier molecular flexibility index (Phi) is 17.1. The Bertz CT molecular complexity index is 1100. The minimum atomic E-state index is -2.09. The van der Waals surface area contributed by atoms with Crippen molar-refractivity contribution in [2.45, 2.75) is 83.7 Å². The van der Waals surface area contributed by atoms with Gasteiger partial charge in [0.2, 0.25) is 14.7 Å². The number of carbonyl (C=O) groups excluding carboxylic acids is 3. The van der Waals surface area contributed by atoms with Crippen LogP contribution in [-0.2, 0) is 41.9 Å². The second-order valence-corrected chi connectivity index (χ2v) is 22.4. The van der Waals surface area contributed by atoms with Crippen LogP contribution in [0.4, 0.5) is 4.79 Å². The molecule has 3 unspecified atom stereocenters. The fourth-order valence-corrected chi connectivity index (χ4v) is 12.5. The summed E-state index contributed by atoms with van der Waals surface area (Å²) in [5.41, 5.74) is 0.658. The Hall–Kier alpha value is -1.98. The Morgan fingerprint density at radius 3 is 2.10 bits per heavy atom. The van der Waals surface area contributed by atoms with Crippen molar-refractivity contribution >= 4 is 36.7 Å². The molecule has 0 aromatic heterocycles. The Morgan fingerprint density at radius 2 is 1.50 bits per heavy atom. The maximum absolute atomic E-state index is 12.1. The summed E-state index contributed by atoms with van der Waals surface area (Å²) in [5.74, 6) is -0.0106. The van der Waals surface area contributed by atoms with Gasteiger partial charge in [0, 0.05) is 37.4 Å². The SMILES string of the molecule is C=C(C)C(=O)OCCN1CC(COCCCS(C)(C)O[Si](C)(C)C(C)(C)CCCOCC2CN(CCOC(=O)C(=C)C)C(O)O2)OC1=O. The Morgan fingerprint density at radius 1 is 0.938 bits per heavy atom. The number of esters is 2. The van der Waals surface area contributed by atoms with E-state index in [0.717, 1.165) is 25.0 Å². The highest BCUT2D eigenvalue weighted by Gasteiger charge is 2.43. The molecule has 2 aliphatic rings. The fourth-order valence-electron chi connectivity index (χ4n) is 5.12. The molecule has 0 aromatic carbocycles. The van der Waals surface area contributed by atoms with Crippen LogP contribution in [0, 0.1) is 0 Å². The summed E-state index contributed by atoms with van der Waals surface area (Å²) in [5, 5.41) is 10.2. The fraction of sp³-hybridized carbons (Fsp3) is 0.788. The molecule has 2 aliphatic heterocycles. The third kappa shape index (κ3) is 14.5. The van der Waals surface area contributed by atoms with Crippen molar-refractivity contribution in [3.8, 4) is 0 Å². The van der Waals surface area contributed by atoms with Crippen molar-refractivity contribution in [2.24, 2.45) is 0 Å². The van der Waals surface area contributed by atoms with Gasteiger partial charge in [-0.3, -0.25) is 0 Å². The average Bonchev–Trinajstić information content (AvgIpc) is 3.51. The maximum Gasteiger partial charge on any atom is 0.410 e. The van der Waals surface area contributed by atoms with Gasteiger partial charge < -0.3 is 42.3 Å². The van der Waals surface area contributed by atoms with E-state index in [0.29, 0.717) is 57.2 Å². The summed E-state index contributed by atoms with van der Waals surface area (Å²) in [4.78, 5) is 38.4. The number of hydrogen-bond donors (Lipinski definition) is 1. The molecule has 3 atom stereocenters. The van der Waals surface area contributed by atoms with Gasteiger partial charge in [-0.1, -0.05) is 27.0 Å². The Balaban J connectivity index is 1.61. The first-order valence-electron chi connectivity index (χ1n) is 16.6. The normalized spacial score (nSPS) is 20.9. The molecule has 2 saturated heterocycles. The first kappa shape index (κ1) is 42.2. The van der Waals surface area contributed by atoms with Gasteiger partial charge in [-0.25, -0.2) is 19.3 Å². The van der Waals surface area contributed by atoms with Crippen LogP contribution in [0.3, 0.4) is 0 Å². The molecule has 0 saturated carbocycles. The minimum absolute atomic E-state index is 0.0241. The highest BCUT2D eigenvalue weighted by Crippen LogP contribution is 2.52. The molecular weight excluding hydrogens is 661 g/mol. The van der Waals surface area contributed by atoms with Crippen molar-refractivity contribution in [3.05, 3.63) is 24.3 Å². The van der Waals surface area contributed by atoms with Crippen LogP contribution in [0.1, 0.15) is 47.0 Å². The quantitative estimate of drug-likeness (QED) is 0.0532. The van der Waals surface area contributed by atoms with E-state index in [1.54, 1.807) is 18.7 Å². The predicted octanol–water partition coefficient (Wildman–Crippen LogP) is 4.21. The largest absolute Gasteiger partial charge is 0.461 e. The number of amides is 1.